The third kappa shape index (κ3) is 2.59. The van der Waals surface area contributed by atoms with Crippen LogP contribution in [0.25, 0.3) is 11.2 Å². The van der Waals surface area contributed by atoms with Crippen LogP contribution in [0, 0.1) is 12.8 Å². The number of hydrogen-bond donors (Lipinski definition) is 1. The summed E-state index contributed by atoms with van der Waals surface area (Å²) in [6, 6.07) is 0. The monoisotopic (exact) mass is 277 g/mol. The van der Waals surface area contributed by atoms with Crippen LogP contribution >= 0.6 is 0 Å². The molecule has 0 saturated carbocycles. The zero-order valence-corrected chi connectivity index (χ0v) is 12.2. The first kappa shape index (κ1) is 14.3. The highest BCUT2D eigenvalue weighted by Gasteiger charge is 2.22. The Labute approximate surface area is 117 Å². The van der Waals surface area contributed by atoms with Gasteiger partial charge in [-0.25, -0.2) is 14.8 Å². The highest BCUT2D eigenvalue weighted by molar-refractivity contribution is 5.98. The van der Waals surface area contributed by atoms with Crippen molar-refractivity contribution < 1.29 is 14.6 Å². The molecule has 0 bridgehead atoms. The quantitative estimate of drug-likeness (QED) is 0.908. The number of carbonyl (C=O) groups is 1. The van der Waals surface area contributed by atoms with Crippen LogP contribution in [0.4, 0.5) is 0 Å². The molecular weight excluding hydrogens is 258 g/mol. The summed E-state index contributed by atoms with van der Waals surface area (Å²) in [6.07, 6.45) is 2.47. The minimum absolute atomic E-state index is 0.0972. The zero-order valence-electron chi connectivity index (χ0n) is 12.2. The molecule has 0 atom stereocenters. The maximum absolute atomic E-state index is 11.4. The van der Waals surface area contributed by atoms with Gasteiger partial charge in [0.25, 0.3) is 0 Å². The van der Waals surface area contributed by atoms with Gasteiger partial charge in [0.1, 0.15) is 5.56 Å². The van der Waals surface area contributed by atoms with Crippen molar-refractivity contribution in [3.63, 3.8) is 0 Å². The molecule has 108 valence electrons. The molecule has 0 spiro atoms. The molecule has 2 aromatic heterocycles. The number of carboxylic acid groups (broad SMARTS) is 1. The first-order chi connectivity index (χ1) is 9.41. The fourth-order valence-corrected chi connectivity index (χ4v) is 2.00. The average Bonchev–Trinajstić information content (AvgIpc) is 2.70. The largest absolute Gasteiger partial charge is 0.490 e. The van der Waals surface area contributed by atoms with Gasteiger partial charge in [0.05, 0.1) is 18.6 Å². The van der Waals surface area contributed by atoms with E-state index >= 15 is 0 Å². The Balaban J connectivity index is 2.51. The van der Waals surface area contributed by atoms with Crippen molar-refractivity contribution in [2.75, 3.05) is 6.61 Å². The predicted molar refractivity (Wildman–Crippen MR) is 75.2 cm³/mol. The van der Waals surface area contributed by atoms with E-state index in [2.05, 4.69) is 23.8 Å². The van der Waals surface area contributed by atoms with Crippen molar-refractivity contribution in [2.24, 2.45) is 13.0 Å². The van der Waals surface area contributed by atoms with E-state index in [1.807, 2.05) is 7.05 Å². The molecule has 6 nitrogen and oxygen atoms in total. The number of aromatic nitrogens is 3. The van der Waals surface area contributed by atoms with Crippen LogP contribution in [0.3, 0.4) is 0 Å². The molecule has 0 unspecified atom stereocenters. The Morgan fingerprint density at radius 2 is 2.20 bits per heavy atom. The van der Waals surface area contributed by atoms with Crippen molar-refractivity contribution in [3.05, 3.63) is 17.6 Å². The highest BCUT2D eigenvalue weighted by Crippen LogP contribution is 2.29. The van der Waals surface area contributed by atoms with Crippen LogP contribution in [-0.4, -0.2) is 32.2 Å². The SMILES string of the molecule is Cc1nc2c(ncn2C)c(OCCC(C)C)c1C(=O)O. The number of pyridine rings is 1. The van der Waals surface area contributed by atoms with Gasteiger partial charge in [0.2, 0.25) is 0 Å². The molecule has 6 heteroatoms. The molecule has 0 radical (unpaired) electrons. The van der Waals surface area contributed by atoms with E-state index in [-0.39, 0.29) is 5.56 Å². The second kappa shape index (κ2) is 5.48. The Kier molecular flexibility index (Phi) is 3.92. The van der Waals surface area contributed by atoms with Crippen molar-refractivity contribution in [1.29, 1.82) is 0 Å². The minimum atomic E-state index is -1.04. The first-order valence-corrected chi connectivity index (χ1v) is 6.59. The standard InChI is InChI=1S/C14H19N3O3/c1-8(2)5-6-20-12-10(14(18)19)9(3)16-13-11(12)15-7-17(13)4/h7-8H,5-6H2,1-4H3,(H,18,19). The van der Waals surface area contributed by atoms with E-state index in [9.17, 15) is 9.90 Å². The van der Waals surface area contributed by atoms with E-state index in [1.165, 1.54) is 0 Å². The van der Waals surface area contributed by atoms with Gasteiger partial charge in [-0.2, -0.15) is 0 Å². The second-order valence-electron chi connectivity index (χ2n) is 5.27. The molecule has 0 fully saturated rings. The topological polar surface area (TPSA) is 77.2 Å². The number of rotatable bonds is 5. The number of aryl methyl sites for hydroxylation is 2. The normalized spacial score (nSPS) is 11.2. The lowest BCUT2D eigenvalue weighted by Crippen LogP contribution is -2.10. The lowest BCUT2D eigenvalue weighted by molar-refractivity contribution is 0.0691. The number of aromatic carboxylic acids is 1. The first-order valence-electron chi connectivity index (χ1n) is 6.59. The number of carboxylic acids is 1. The molecule has 0 aliphatic heterocycles. The summed E-state index contributed by atoms with van der Waals surface area (Å²) in [4.78, 5) is 19.9. The summed E-state index contributed by atoms with van der Waals surface area (Å²) in [5.41, 5.74) is 1.67. The predicted octanol–water partition coefficient (Wildman–Crippen LogP) is 2.40. The lowest BCUT2D eigenvalue weighted by Gasteiger charge is -2.12. The number of hydrogen-bond acceptors (Lipinski definition) is 4. The van der Waals surface area contributed by atoms with E-state index in [4.69, 9.17) is 4.74 Å². The second-order valence-corrected chi connectivity index (χ2v) is 5.27. The molecule has 0 aliphatic rings. The summed E-state index contributed by atoms with van der Waals surface area (Å²) in [5, 5.41) is 9.37. The van der Waals surface area contributed by atoms with Gasteiger partial charge in [0.15, 0.2) is 16.9 Å². The van der Waals surface area contributed by atoms with Crippen LogP contribution in [-0.2, 0) is 7.05 Å². The number of nitrogens with zero attached hydrogens (tertiary/aromatic N) is 3. The van der Waals surface area contributed by atoms with Gasteiger partial charge in [0, 0.05) is 7.05 Å². The summed E-state index contributed by atoms with van der Waals surface area (Å²) in [7, 11) is 1.82. The fourth-order valence-electron chi connectivity index (χ4n) is 2.00. The van der Waals surface area contributed by atoms with Gasteiger partial charge in [-0.05, 0) is 19.3 Å². The van der Waals surface area contributed by atoms with Crippen molar-refractivity contribution in [3.8, 4) is 5.75 Å². The smallest absolute Gasteiger partial charge is 0.341 e. The summed E-state index contributed by atoms with van der Waals surface area (Å²) in [6.45, 7) is 6.32. The molecule has 0 aliphatic carbocycles. The Morgan fingerprint density at radius 3 is 2.80 bits per heavy atom. The van der Waals surface area contributed by atoms with Gasteiger partial charge in [-0.3, -0.25) is 0 Å². The van der Waals surface area contributed by atoms with Crippen molar-refractivity contribution in [1.82, 2.24) is 14.5 Å². The number of imidazole rings is 1. The van der Waals surface area contributed by atoms with E-state index in [0.29, 0.717) is 35.1 Å². The van der Waals surface area contributed by atoms with E-state index in [0.717, 1.165) is 6.42 Å². The maximum atomic E-state index is 11.4. The summed E-state index contributed by atoms with van der Waals surface area (Å²) >= 11 is 0. The third-order valence-electron chi connectivity index (χ3n) is 3.14. The van der Waals surface area contributed by atoms with Crippen LogP contribution in [0.5, 0.6) is 5.75 Å². The van der Waals surface area contributed by atoms with Crippen LogP contribution < -0.4 is 4.74 Å². The average molecular weight is 277 g/mol. The Morgan fingerprint density at radius 1 is 1.50 bits per heavy atom. The van der Waals surface area contributed by atoms with E-state index in [1.54, 1.807) is 17.8 Å². The lowest BCUT2D eigenvalue weighted by atomic mass is 10.1. The molecule has 0 amide bonds. The maximum Gasteiger partial charge on any atom is 0.341 e. The van der Waals surface area contributed by atoms with E-state index < -0.39 is 5.97 Å². The zero-order chi connectivity index (χ0) is 14.9. The molecule has 2 heterocycles. The number of ether oxygens (including phenoxy) is 1. The van der Waals surface area contributed by atoms with Crippen LogP contribution in [0.1, 0.15) is 36.3 Å². The molecule has 1 N–H and O–H groups in total. The van der Waals surface area contributed by atoms with Gasteiger partial charge in [-0.1, -0.05) is 13.8 Å². The number of fused-ring (bicyclic) bond motifs is 1. The molecule has 2 rings (SSSR count). The molecular formula is C14H19N3O3. The van der Waals surface area contributed by atoms with Gasteiger partial charge < -0.3 is 14.4 Å². The fraction of sp³-hybridized carbons (Fsp3) is 0.500. The van der Waals surface area contributed by atoms with Gasteiger partial charge in [-0.15, -0.1) is 0 Å². The van der Waals surface area contributed by atoms with Crippen molar-refractivity contribution in [2.45, 2.75) is 27.2 Å². The molecule has 0 aromatic carbocycles. The molecule has 0 saturated heterocycles. The van der Waals surface area contributed by atoms with Crippen LogP contribution in [0.2, 0.25) is 0 Å². The van der Waals surface area contributed by atoms with Gasteiger partial charge >= 0.3 is 5.97 Å². The Bertz CT molecular complexity index is 647. The minimum Gasteiger partial charge on any atom is -0.490 e. The molecule has 20 heavy (non-hydrogen) atoms. The molecule has 2 aromatic rings. The highest BCUT2D eigenvalue weighted by atomic mass is 16.5. The summed E-state index contributed by atoms with van der Waals surface area (Å²) in [5.74, 6) is -0.228. The van der Waals surface area contributed by atoms with Crippen molar-refractivity contribution >= 4 is 17.1 Å². The third-order valence-corrected chi connectivity index (χ3v) is 3.14. The van der Waals surface area contributed by atoms with Crippen LogP contribution in [0.15, 0.2) is 6.33 Å². The summed E-state index contributed by atoms with van der Waals surface area (Å²) < 4.78 is 7.47. The Hall–Kier alpha value is -2.11.